The SMILES string of the molecule is CC(C)c1ccc(N2CC(C)(C)C2)cc1. The van der Waals surface area contributed by atoms with E-state index in [0.29, 0.717) is 11.3 Å². The van der Waals surface area contributed by atoms with Crippen LogP contribution in [0.25, 0.3) is 0 Å². The largest absolute Gasteiger partial charge is 0.370 e. The van der Waals surface area contributed by atoms with Crippen LogP contribution < -0.4 is 4.90 Å². The smallest absolute Gasteiger partial charge is 0.0366 e. The molecule has 1 saturated heterocycles. The van der Waals surface area contributed by atoms with E-state index in [1.807, 2.05) is 0 Å². The van der Waals surface area contributed by atoms with Crippen LogP contribution in [0.5, 0.6) is 0 Å². The summed E-state index contributed by atoms with van der Waals surface area (Å²) in [5.74, 6) is 0.631. The van der Waals surface area contributed by atoms with Gasteiger partial charge >= 0.3 is 0 Å². The lowest BCUT2D eigenvalue weighted by Gasteiger charge is -2.47. The number of hydrogen-bond donors (Lipinski definition) is 0. The number of nitrogens with zero attached hydrogens (tertiary/aromatic N) is 1. The summed E-state index contributed by atoms with van der Waals surface area (Å²) in [5.41, 5.74) is 3.31. The van der Waals surface area contributed by atoms with E-state index in [-0.39, 0.29) is 0 Å². The van der Waals surface area contributed by atoms with Crippen LogP contribution in [0.4, 0.5) is 5.69 Å². The van der Waals surface area contributed by atoms with Gasteiger partial charge in [-0.1, -0.05) is 39.8 Å². The molecule has 0 aromatic heterocycles. The van der Waals surface area contributed by atoms with E-state index in [1.54, 1.807) is 0 Å². The van der Waals surface area contributed by atoms with Crippen molar-refractivity contribution in [1.82, 2.24) is 0 Å². The minimum Gasteiger partial charge on any atom is -0.370 e. The molecule has 0 radical (unpaired) electrons. The number of hydrogen-bond acceptors (Lipinski definition) is 1. The molecular weight excluding hydrogens is 182 g/mol. The van der Waals surface area contributed by atoms with Crippen LogP contribution in [-0.4, -0.2) is 13.1 Å². The van der Waals surface area contributed by atoms with Crippen molar-refractivity contribution in [1.29, 1.82) is 0 Å². The molecule has 2 rings (SSSR count). The van der Waals surface area contributed by atoms with Gasteiger partial charge < -0.3 is 4.90 Å². The molecule has 0 atom stereocenters. The van der Waals surface area contributed by atoms with Crippen LogP contribution in [0.1, 0.15) is 39.2 Å². The molecule has 1 nitrogen and oxygen atoms in total. The van der Waals surface area contributed by atoms with E-state index >= 15 is 0 Å². The summed E-state index contributed by atoms with van der Waals surface area (Å²) in [6.07, 6.45) is 0. The summed E-state index contributed by atoms with van der Waals surface area (Å²) in [5, 5.41) is 0. The third-order valence-electron chi connectivity index (χ3n) is 3.16. The highest BCUT2D eigenvalue weighted by Gasteiger charge is 2.33. The maximum absolute atomic E-state index is 2.45. The molecule has 0 amide bonds. The van der Waals surface area contributed by atoms with Crippen molar-refractivity contribution in [3.63, 3.8) is 0 Å². The lowest BCUT2D eigenvalue weighted by molar-refractivity contribution is 0.276. The van der Waals surface area contributed by atoms with Crippen LogP contribution in [-0.2, 0) is 0 Å². The molecule has 0 N–H and O–H groups in total. The average Bonchev–Trinajstić information content (AvgIpc) is 2.14. The summed E-state index contributed by atoms with van der Waals surface area (Å²) in [6.45, 7) is 11.5. The number of anilines is 1. The first-order valence-electron chi connectivity index (χ1n) is 5.83. The fourth-order valence-electron chi connectivity index (χ4n) is 2.24. The minimum atomic E-state index is 0.511. The standard InChI is InChI=1S/C14H21N/c1-11(2)12-5-7-13(8-6-12)15-9-14(3,4)10-15/h5-8,11H,9-10H2,1-4H3. The normalized spacial score (nSPS) is 19.1. The van der Waals surface area contributed by atoms with E-state index < -0.39 is 0 Å². The fourth-order valence-corrected chi connectivity index (χ4v) is 2.24. The Bertz CT molecular complexity index is 327. The van der Waals surface area contributed by atoms with Gasteiger partial charge in [0.2, 0.25) is 0 Å². The second kappa shape index (κ2) is 3.55. The molecule has 0 saturated carbocycles. The molecular formula is C14H21N. The summed E-state index contributed by atoms with van der Waals surface area (Å²) in [6, 6.07) is 9.02. The maximum atomic E-state index is 2.45. The summed E-state index contributed by atoms with van der Waals surface area (Å²) >= 11 is 0. The number of benzene rings is 1. The van der Waals surface area contributed by atoms with Crippen LogP contribution in [0.2, 0.25) is 0 Å². The summed E-state index contributed by atoms with van der Waals surface area (Å²) in [7, 11) is 0. The highest BCUT2D eigenvalue weighted by atomic mass is 15.2. The van der Waals surface area contributed by atoms with Gasteiger partial charge in [0.05, 0.1) is 0 Å². The average molecular weight is 203 g/mol. The van der Waals surface area contributed by atoms with E-state index in [9.17, 15) is 0 Å². The second-order valence-electron chi connectivity index (χ2n) is 5.77. The summed E-state index contributed by atoms with van der Waals surface area (Å²) in [4.78, 5) is 2.45. The van der Waals surface area contributed by atoms with Gasteiger partial charge in [0.25, 0.3) is 0 Å². The maximum Gasteiger partial charge on any atom is 0.0366 e. The topological polar surface area (TPSA) is 3.24 Å². The minimum absolute atomic E-state index is 0.511. The zero-order chi connectivity index (χ0) is 11.1. The van der Waals surface area contributed by atoms with Crippen molar-refractivity contribution < 1.29 is 0 Å². The monoisotopic (exact) mass is 203 g/mol. The van der Waals surface area contributed by atoms with E-state index in [0.717, 1.165) is 0 Å². The van der Waals surface area contributed by atoms with E-state index in [2.05, 4.69) is 56.9 Å². The van der Waals surface area contributed by atoms with Gasteiger partial charge in [-0.05, 0) is 29.0 Å². The molecule has 1 aliphatic heterocycles. The van der Waals surface area contributed by atoms with E-state index in [4.69, 9.17) is 0 Å². The van der Waals surface area contributed by atoms with Crippen LogP contribution in [0.15, 0.2) is 24.3 Å². The lowest BCUT2D eigenvalue weighted by atomic mass is 9.84. The van der Waals surface area contributed by atoms with Gasteiger partial charge in [-0.2, -0.15) is 0 Å². The molecule has 0 bridgehead atoms. The van der Waals surface area contributed by atoms with Gasteiger partial charge in [0.15, 0.2) is 0 Å². The van der Waals surface area contributed by atoms with Crippen molar-refractivity contribution in [2.75, 3.05) is 18.0 Å². The molecule has 82 valence electrons. The Morgan fingerprint density at radius 2 is 1.60 bits per heavy atom. The Balaban J connectivity index is 2.06. The van der Waals surface area contributed by atoms with Crippen molar-refractivity contribution in [2.45, 2.75) is 33.6 Å². The fraction of sp³-hybridized carbons (Fsp3) is 0.571. The summed E-state index contributed by atoms with van der Waals surface area (Å²) < 4.78 is 0. The molecule has 1 aliphatic rings. The van der Waals surface area contributed by atoms with Crippen LogP contribution in [0, 0.1) is 5.41 Å². The Kier molecular flexibility index (Phi) is 2.49. The Hall–Kier alpha value is -0.980. The Labute approximate surface area is 93.1 Å². The molecule has 1 aromatic carbocycles. The molecule has 0 aliphatic carbocycles. The van der Waals surface area contributed by atoms with Gasteiger partial charge in [-0.15, -0.1) is 0 Å². The van der Waals surface area contributed by atoms with Gasteiger partial charge in [-0.3, -0.25) is 0 Å². The van der Waals surface area contributed by atoms with E-state index in [1.165, 1.54) is 24.3 Å². The Morgan fingerprint density at radius 1 is 1.07 bits per heavy atom. The third kappa shape index (κ3) is 2.17. The zero-order valence-corrected chi connectivity index (χ0v) is 10.2. The van der Waals surface area contributed by atoms with Gasteiger partial charge in [0, 0.05) is 18.8 Å². The van der Waals surface area contributed by atoms with Crippen LogP contribution >= 0.6 is 0 Å². The highest BCUT2D eigenvalue weighted by molar-refractivity contribution is 5.50. The predicted octanol–water partition coefficient (Wildman–Crippen LogP) is 3.66. The third-order valence-corrected chi connectivity index (χ3v) is 3.16. The first-order chi connectivity index (χ1) is 6.98. The van der Waals surface area contributed by atoms with Crippen molar-refractivity contribution in [2.24, 2.45) is 5.41 Å². The van der Waals surface area contributed by atoms with Crippen molar-refractivity contribution >= 4 is 5.69 Å². The first-order valence-corrected chi connectivity index (χ1v) is 5.83. The van der Waals surface area contributed by atoms with Gasteiger partial charge in [0.1, 0.15) is 0 Å². The molecule has 1 heterocycles. The lowest BCUT2D eigenvalue weighted by Crippen LogP contribution is -2.53. The Morgan fingerprint density at radius 3 is 2.00 bits per heavy atom. The molecule has 0 spiro atoms. The molecule has 1 fully saturated rings. The highest BCUT2D eigenvalue weighted by Crippen LogP contribution is 2.33. The van der Waals surface area contributed by atoms with Crippen molar-refractivity contribution in [3.05, 3.63) is 29.8 Å². The van der Waals surface area contributed by atoms with Gasteiger partial charge in [-0.25, -0.2) is 0 Å². The first kappa shape index (κ1) is 10.5. The molecule has 1 aromatic rings. The quantitative estimate of drug-likeness (QED) is 0.709. The molecule has 15 heavy (non-hydrogen) atoms. The van der Waals surface area contributed by atoms with Crippen LogP contribution in [0.3, 0.4) is 0 Å². The molecule has 1 heteroatoms. The predicted molar refractivity (Wildman–Crippen MR) is 66.5 cm³/mol. The number of rotatable bonds is 2. The molecule has 0 unspecified atom stereocenters. The van der Waals surface area contributed by atoms with Crippen molar-refractivity contribution in [3.8, 4) is 0 Å². The zero-order valence-electron chi connectivity index (χ0n) is 10.2. The second-order valence-corrected chi connectivity index (χ2v) is 5.77.